The second-order valence-corrected chi connectivity index (χ2v) is 7.13. The molecule has 0 unspecified atom stereocenters. The summed E-state index contributed by atoms with van der Waals surface area (Å²) in [6, 6.07) is 0. The van der Waals surface area contributed by atoms with E-state index in [2.05, 4.69) is 36.4 Å². The predicted molar refractivity (Wildman–Crippen MR) is 72.6 cm³/mol. The number of halogens is 3. The quantitative estimate of drug-likeness (QED) is 0.458. The van der Waals surface area contributed by atoms with E-state index in [9.17, 15) is 4.57 Å². The molecule has 0 aromatic carbocycles. The first-order valence-electron chi connectivity index (χ1n) is 4.84. The molecule has 0 aromatic rings. The van der Waals surface area contributed by atoms with Gasteiger partial charge in [0.15, 0.2) is 0 Å². The molecule has 8 heteroatoms. The highest BCUT2D eigenvalue weighted by atomic mass is 79.9. The van der Waals surface area contributed by atoms with E-state index in [4.69, 9.17) is 21.4 Å². The smallest absolute Gasteiger partial charge is 0.303 e. The molecule has 98 valence electrons. The fraction of sp³-hybridized carbons (Fsp3) is 1.00. The Kier molecular flexibility index (Phi) is 9.18. The zero-order valence-corrected chi connectivity index (χ0v) is 13.6. The van der Waals surface area contributed by atoms with Crippen molar-refractivity contribution in [2.45, 2.75) is 30.6 Å². The summed E-state index contributed by atoms with van der Waals surface area (Å²) < 4.78 is 15.1. The molecule has 0 heterocycles. The summed E-state index contributed by atoms with van der Waals surface area (Å²) >= 11 is 12.9. The molecule has 16 heavy (non-hydrogen) atoms. The van der Waals surface area contributed by atoms with Crippen molar-refractivity contribution in [1.82, 2.24) is 0 Å². The molecule has 0 aliphatic heterocycles. The fourth-order valence-corrected chi connectivity index (χ4v) is 2.61. The van der Waals surface area contributed by atoms with E-state index < -0.39 is 12.7 Å². The van der Waals surface area contributed by atoms with Crippen LogP contribution in [0.15, 0.2) is 0 Å². The van der Waals surface area contributed by atoms with Crippen LogP contribution in [0.4, 0.5) is 0 Å². The minimum atomic E-state index is -4.43. The average Bonchev–Trinajstić information content (AvgIpc) is 2.20. The normalized spacial score (nSPS) is 13.1. The molecule has 0 bridgehead atoms. The van der Waals surface area contributed by atoms with Crippen LogP contribution in [0.2, 0.25) is 0 Å². The molecule has 0 aliphatic rings. The minimum Gasteiger partial charge on any atom is -0.303 e. The molecular formula is C8H16Br2ClO4P. The molecule has 0 spiro atoms. The third-order valence-corrected chi connectivity index (χ3v) is 4.08. The highest BCUT2D eigenvalue weighted by Gasteiger charge is 2.30. The molecule has 0 aliphatic carbocycles. The lowest BCUT2D eigenvalue weighted by molar-refractivity contribution is 0.169. The van der Waals surface area contributed by atoms with Gasteiger partial charge in [-0.05, 0) is 25.7 Å². The Morgan fingerprint density at radius 3 is 1.94 bits per heavy atom. The van der Waals surface area contributed by atoms with Crippen LogP contribution in [-0.4, -0.2) is 31.9 Å². The van der Waals surface area contributed by atoms with Gasteiger partial charge < -0.3 is 9.79 Å². The van der Waals surface area contributed by atoms with Gasteiger partial charge in [-0.3, -0.25) is 4.52 Å². The van der Waals surface area contributed by atoms with Gasteiger partial charge in [-0.25, -0.2) is 4.57 Å². The van der Waals surface area contributed by atoms with Crippen LogP contribution in [0.1, 0.15) is 25.7 Å². The fourth-order valence-electron chi connectivity index (χ4n) is 1.24. The molecule has 0 rings (SSSR count). The maximum atomic E-state index is 10.6. The van der Waals surface area contributed by atoms with Crippen molar-refractivity contribution in [3.63, 3.8) is 0 Å². The highest BCUT2D eigenvalue weighted by Crippen LogP contribution is 2.40. The molecule has 0 amide bonds. The van der Waals surface area contributed by atoms with E-state index in [1.54, 1.807) is 0 Å². The first-order valence-corrected chi connectivity index (χ1v) is 8.99. The standard InChI is InChI=1S/C8H16Br2ClO4P/c9-5-1-3-8(11,4-2-6-10)7-15-16(12,13)14/h1-7H2,(H2,12,13,14). The van der Waals surface area contributed by atoms with E-state index in [0.29, 0.717) is 12.8 Å². The van der Waals surface area contributed by atoms with Crippen molar-refractivity contribution in [2.24, 2.45) is 0 Å². The van der Waals surface area contributed by atoms with Crippen molar-refractivity contribution in [3.8, 4) is 0 Å². The number of hydrogen-bond acceptors (Lipinski definition) is 2. The third kappa shape index (κ3) is 9.40. The number of alkyl halides is 3. The van der Waals surface area contributed by atoms with Crippen LogP contribution in [-0.2, 0) is 9.09 Å². The van der Waals surface area contributed by atoms with Gasteiger partial charge in [-0.1, -0.05) is 31.9 Å². The van der Waals surface area contributed by atoms with Crippen LogP contribution in [0, 0.1) is 0 Å². The first kappa shape index (κ1) is 17.4. The molecule has 0 radical (unpaired) electrons. The second kappa shape index (κ2) is 8.46. The van der Waals surface area contributed by atoms with E-state index in [0.717, 1.165) is 23.5 Å². The zero-order valence-electron chi connectivity index (χ0n) is 8.74. The molecule has 0 saturated heterocycles. The van der Waals surface area contributed by atoms with Crippen molar-refractivity contribution < 1.29 is 18.9 Å². The van der Waals surface area contributed by atoms with Crippen LogP contribution in [0.5, 0.6) is 0 Å². The Labute approximate surface area is 118 Å². The summed E-state index contributed by atoms with van der Waals surface area (Å²) in [5.74, 6) is 0. The summed E-state index contributed by atoms with van der Waals surface area (Å²) in [6.07, 6.45) is 3.01. The van der Waals surface area contributed by atoms with Crippen LogP contribution in [0.25, 0.3) is 0 Å². The van der Waals surface area contributed by atoms with Gasteiger partial charge in [0.1, 0.15) is 0 Å². The van der Waals surface area contributed by atoms with Gasteiger partial charge in [0.2, 0.25) is 0 Å². The third-order valence-electron chi connectivity index (χ3n) is 2.01. The maximum absolute atomic E-state index is 10.6. The Hall–Kier alpha value is 1.36. The monoisotopic (exact) mass is 400 g/mol. The lowest BCUT2D eigenvalue weighted by atomic mass is 9.98. The molecule has 0 aromatic heterocycles. The minimum absolute atomic E-state index is 0.126. The average molecular weight is 402 g/mol. The SMILES string of the molecule is O=P(O)(O)OCC(Cl)(CCCBr)CCCBr. The van der Waals surface area contributed by atoms with E-state index >= 15 is 0 Å². The number of phosphoric acid groups is 1. The van der Waals surface area contributed by atoms with E-state index in [-0.39, 0.29) is 6.61 Å². The van der Waals surface area contributed by atoms with Crippen molar-refractivity contribution >= 4 is 51.3 Å². The molecule has 0 fully saturated rings. The molecule has 4 nitrogen and oxygen atoms in total. The van der Waals surface area contributed by atoms with Crippen molar-refractivity contribution in [3.05, 3.63) is 0 Å². The van der Waals surface area contributed by atoms with E-state index in [1.165, 1.54) is 0 Å². The Morgan fingerprint density at radius 2 is 1.62 bits per heavy atom. The Morgan fingerprint density at radius 1 is 1.19 bits per heavy atom. The Balaban J connectivity index is 4.22. The molecule has 2 N–H and O–H groups in total. The number of hydrogen-bond donors (Lipinski definition) is 2. The lowest BCUT2D eigenvalue weighted by Gasteiger charge is -2.26. The van der Waals surface area contributed by atoms with Crippen molar-refractivity contribution in [1.29, 1.82) is 0 Å². The summed E-state index contributed by atoms with van der Waals surface area (Å²) in [4.78, 5) is 16.6. The van der Waals surface area contributed by atoms with Crippen LogP contribution >= 0.6 is 51.3 Å². The van der Waals surface area contributed by atoms with Gasteiger partial charge in [0.25, 0.3) is 0 Å². The maximum Gasteiger partial charge on any atom is 0.469 e. The highest BCUT2D eigenvalue weighted by molar-refractivity contribution is 9.09. The summed E-state index contributed by atoms with van der Waals surface area (Å²) in [5, 5.41) is 1.62. The Bertz CT molecular complexity index is 228. The first-order chi connectivity index (χ1) is 7.33. The zero-order chi connectivity index (χ0) is 12.7. The van der Waals surface area contributed by atoms with Gasteiger partial charge in [0.05, 0.1) is 11.5 Å². The predicted octanol–water partition coefficient (Wildman–Crippen LogP) is 3.42. The van der Waals surface area contributed by atoms with Gasteiger partial charge >= 0.3 is 7.82 Å². The lowest BCUT2D eigenvalue weighted by Crippen LogP contribution is -2.28. The number of rotatable bonds is 9. The molecular weight excluding hydrogens is 386 g/mol. The molecule has 0 atom stereocenters. The van der Waals surface area contributed by atoms with E-state index in [1.807, 2.05) is 0 Å². The van der Waals surface area contributed by atoms with Crippen molar-refractivity contribution in [2.75, 3.05) is 17.3 Å². The van der Waals surface area contributed by atoms with Crippen LogP contribution < -0.4 is 0 Å². The van der Waals surface area contributed by atoms with Gasteiger partial charge in [0, 0.05) is 10.7 Å². The number of phosphoric ester groups is 1. The summed E-state index contributed by atoms with van der Waals surface area (Å²) in [6.45, 7) is -0.126. The topological polar surface area (TPSA) is 66.8 Å². The second-order valence-electron chi connectivity index (χ2n) is 3.50. The van der Waals surface area contributed by atoms with Crippen LogP contribution in [0.3, 0.4) is 0 Å². The summed E-state index contributed by atoms with van der Waals surface area (Å²) in [5.41, 5.74) is 0. The van der Waals surface area contributed by atoms with Gasteiger partial charge in [-0.15, -0.1) is 11.6 Å². The summed E-state index contributed by atoms with van der Waals surface area (Å²) in [7, 11) is -4.43. The molecule has 0 saturated carbocycles. The van der Waals surface area contributed by atoms with Gasteiger partial charge in [-0.2, -0.15) is 0 Å². The largest absolute Gasteiger partial charge is 0.469 e.